The first-order chi connectivity index (χ1) is 11.1. The van der Waals surface area contributed by atoms with E-state index in [4.69, 9.17) is 4.74 Å². The average molecular weight is 316 g/mol. The van der Waals surface area contributed by atoms with Gasteiger partial charge in [-0.1, -0.05) is 42.5 Å². The first kappa shape index (κ1) is 17.0. The van der Waals surface area contributed by atoms with Crippen LogP contribution in [0.4, 0.5) is 0 Å². The second-order valence-corrected chi connectivity index (χ2v) is 5.14. The van der Waals surface area contributed by atoms with Crippen LogP contribution in [0.15, 0.2) is 54.6 Å². The number of ether oxygens (including phenoxy) is 2. The van der Waals surface area contributed by atoms with E-state index in [2.05, 4.69) is 4.74 Å². The van der Waals surface area contributed by atoms with Gasteiger partial charge < -0.3 is 19.7 Å². The van der Waals surface area contributed by atoms with Gasteiger partial charge in [0.25, 0.3) is 0 Å². The molecule has 0 spiro atoms. The highest BCUT2D eigenvalue weighted by Crippen LogP contribution is 2.22. The molecule has 0 amide bonds. The number of aliphatic hydroxyl groups is 2. The van der Waals surface area contributed by atoms with Gasteiger partial charge in [-0.15, -0.1) is 0 Å². The van der Waals surface area contributed by atoms with Crippen LogP contribution < -0.4 is 4.74 Å². The minimum Gasteiger partial charge on any atom is -0.489 e. The Hall–Kier alpha value is -2.37. The summed E-state index contributed by atoms with van der Waals surface area (Å²) in [5.74, 6) is 0.0895. The number of benzene rings is 2. The fraction of sp³-hybridized carbons (Fsp3) is 0.278. The van der Waals surface area contributed by atoms with Crippen molar-refractivity contribution in [3.8, 4) is 5.75 Å². The zero-order valence-corrected chi connectivity index (χ0v) is 12.9. The Bertz CT molecular complexity index is 609. The lowest BCUT2D eigenvalue weighted by Crippen LogP contribution is -2.22. The van der Waals surface area contributed by atoms with E-state index in [1.807, 2.05) is 30.3 Å². The topological polar surface area (TPSA) is 76.0 Å². The van der Waals surface area contributed by atoms with Crippen molar-refractivity contribution >= 4 is 5.97 Å². The summed E-state index contributed by atoms with van der Waals surface area (Å²) in [6.45, 7) is 0.452. The van der Waals surface area contributed by atoms with Crippen molar-refractivity contribution in [1.29, 1.82) is 0 Å². The summed E-state index contributed by atoms with van der Waals surface area (Å²) < 4.78 is 10.1. The molecular weight excluding hydrogens is 296 g/mol. The van der Waals surface area contributed by atoms with E-state index >= 15 is 0 Å². The molecule has 0 heterocycles. The lowest BCUT2D eigenvalue weighted by molar-refractivity contribution is -0.144. The van der Waals surface area contributed by atoms with Crippen molar-refractivity contribution in [1.82, 2.24) is 0 Å². The van der Waals surface area contributed by atoms with E-state index in [1.54, 1.807) is 24.3 Å². The van der Waals surface area contributed by atoms with Gasteiger partial charge in [0.2, 0.25) is 0 Å². The molecule has 0 fully saturated rings. The molecule has 0 aliphatic carbocycles. The van der Waals surface area contributed by atoms with Crippen LogP contribution in [-0.4, -0.2) is 29.4 Å². The Morgan fingerprint density at radius 2 is 1.70 bits per heavy atom. The number of hydrogen-bond donors (Lipinski definition) is 2. The van der Waals surface area contributed by atoms with Gasteiger partial charge in [-0.2, -0.15) is 0 Å². The molecule has 5 nitrogen and oxygen atoms in total. The zero-order valence-electron chi connectivity index (χ0n) is 12.9. The number of carbonyl (C=O) groups is 1. The van der Waals surface area contributed by atoms with Crippen molar-refractivity contribution in [2.75, 3.05) is 7.11 Å². The Morgan fingerprint density at radius 1 is 1.04 bits per heavy atom. The quantitative estimate of drug-likeness (QED) is 0.766. The predicted molar refractivity (Wildman–Crippen MR) is 84.8 cm³/mol. The van der Waals surface area contributed by atoms with E-state index in [0.717, 1.165) is 5.56 Å². The minimum absolute atomic E-state index is 0.260. The maximum absolute atomic E-state index is 11.1. The lowest BCUT2D eigenvalue weighted by Gasteiger charge is -2.17. The standard InChI is InChI=1S/C18H20O5/c1-22-17(20)11-16(19)18(21)14-7-9-15(10-8-14)23-12-13-5-3-2-4-6-13/h2-10,16,18-19,21H,11-12H2,1H3. The third-order valence-corrected chi connectivity index (χ3v) is 3.44. The first-order valence-electron chi connectivity index (χ1n) is 7.30. The highest BCUT2D eigenvalue weighted by Gasteiger charge is 2.21. The number of hydrogen-bond acceptors (Lipinski definition) is 5. The number of methoxy groups -OCH3 is 1. The molecule has 122 valence electrons. The lowest BCUT2D eigenvalue weighted by atomic mass is 10.0. The number of carbonyl (C=O) groups excluding carboxylic acids is 1. The van der Waals surface area contributed by atoms with Gasteiger partial charge in [0.05, 0.1) is 19.6 Å². The highest BCUT2D eigenvalue weighted by molar-refractivity contribution is 5.69. The van der Waals surface area contributed by atoms with Crippen LogP contribution in [0.2, 0.25) is 0 Å². The number of rotatable bonds is 7. The van der Waals surface area contributed by atoms with E-state index in [0.29, 0.717) is 17.9 Å². The van der Waals surface area contributed by atoms with Crippen molar-refractivity contribution in [2.45, 2.75) is 25.2 Å². The average Bonchev–Trinajstić information content (AvgIpc) is 2.60. The van der Waals surface area contributed by atoms with Crippen LogP contribution in [0, 0.1) is 0 Å². The summed E-state index contributed by atoms with van der Waals surface area (Å²) in [6.07, 6.45) is -2.62. The highest BCUT2D eigenvalue weighted by atomic mass is 16.5. The molecule has 2 unspecified atom stereocenters. The fourth-order valence-corrected chi connectivity index (χ4v) is 2.09. The predicted octanol–water partition coefficient (Wildman–Crippen LogP) is 2.22. The van der Waals surface area contributed by atoms with E-state index < -0.39 is 18.2 Å². The largest absolute Gasteiger partial charge is 0.489 e. The van der Waals surface area contributed by atoms with Gasteiger partial charge in [-0.25, -0.2) is 0 Å². The third-order valence-electron chi connectivity index (χ3n) is 3.44. The molecule has 0 aromatic heterocycles. The molecule has 0 saturated carbocycles. The molecule has 23 heavy (non-hydrogen) atoms. The maximum Gasteiger partial charge on any atom is 0.308 e. The Morgan fingerprint density at radius 3 is 2.30 bits per heavy atom. The molecule has 2 rings (SSSR count). The SMILES string of the molecule is COC(=O)CC(O)C(O)c1ccc(OCc2ccccc2)cc1. The molecule has 2 aromatic carbocycles. The van der Waals surface area contributed by atoms with Gasteiger partial charge in [0, 0.05) is 0 Å². The van der Waals surface area contributed by atoms with Crippen molar-refractivity contribution < 1.29 is 24.5 Å². The molecule has 0 aliphatic heterocycles. The summed E-state index contributed by atoms with van der Waals surface area (Å²) in [5.41, 5.74) is 1.57. The Labute approximate surface area is 135 Å². The van der Waals surface area contributed by atoms with E-state index in [-0.39, 0.29) is 6.42 Å². The van der Waals surface area contributed by atoms with Gasteiger partial charge in [-0.3, -0.25) is 4.79 Å². The van der Waals surface area contributed by atoms with Crippen LogP contribution in [0.5, 0.6) is 5.75 Å². The van der Waals surface area contributed by atoms with Crippen LogP contribution in [0.1, 0.15) is 23.7 Å². The van der Waals surface area contributed by atoms with E-state index in [1.165, 1.54) is 7.11 Å². The van der Waals surface area contributed by atoms with Gasteiger partial charge in [0.1, 0.15) is 18.5 Å². The molecule has 2 atom stereocenters. The smallest absolute Gasteiger partial charge is 0.308 e. The normalized spacial score (nSPS) is 13.2. The Balaban J connectivity index is 1.92. The summed E-state index contributed by atoms with van der Waals surface area (Å²) >= 11 is 0. The zero-order chi connectivity index (χ0) is 16.7. The molecule has 0 saturated heterocycles. The molecule has 0 radical (unpaired) electrons. The molecule has 2 aromatic rings. The molecule has 5 heteroatoms. The van der Waals surface area contributed by atoms with Gasteiger partial charge >= 0.3 is 5.97 Å². The molecule has 2 N–H and O–H groups in total. The minimum atomic E-state index is -1.21. The van der Waals surface area contributed by atoms with Crippen LogP contribution >= 0.6 is 0 Å². The van der Waals surface area contributed by atoms with Crippen LogP contribution in [0.25, 0.3) is 0 Å². The van der Waals surface area contributed by atoms with Crippen LogP contribution in [-0.2, 0) is 16.1 Å². The summed E-state index contributed by atoms with van der Waals surface area (Å²) in [4.78, 5) is 11.1. The summed E-state index contributed by atoms with van der Waals surface area (Å²) in [5, 5.41) is 19.8. The second-order valence-electron chi connectivity index (χ2n) is 5.14. The summed E-state index contributed by atoms with van der Waals surface area (Å²) in [7, 11) is 1.24. The second kappa shape index (κ2) is 8.31. The number of aliphatic hydroxyl groups excluding tert-OH is 2. The Kier molecular flexibility index (Phi) is 6.14. The maximum atomic E-state index is 11.1. The monoisotopic (exact) mass is 316 g/mol. The fourth-order valence-electron chi connectivity index (χ4n) is 2.09. The number of esters is 1. The molecular formula is C18H20O5. The van der Waals surface area contributed by atoms with Gasteiger partial charge in [-0.05, 0) is 23.3 Å². The van der Waals surface area contributed by atoms with E-state index in [9.17, 15) is 15.0 Å². The first-order valence-corrected chi connectivity index (χ1v) is 7.30. The third kappa shape index (κ3) is 5.09. The van der Waals surface area contributed by atoms with Crippen molar-refractivity contribution in [2.24, 2.45) is 0 Å². The van der Waals surface area contributed by atoms with Crippen molar-refractivity contribution in [3.63, 3.8) is 0 Å². The van der Waals surface area contributed by atoms with Crippen molar-refractivity contribution in [3.05, 3.63) is 65.7 Å². The van der Waals surface area contributed by atoms with Gasteiger partial charge in [0.15, 0.2) is 0 Å². The molecule has 0 aliphatic rings. The van der Waals surface area contributed by atoms with Crippen LogP contribution in [0.3, 0.4) is 0 Å². The molecule has 0 bridgehead atoms. The summed E-state index contributed by atoms with van der Waals surface area (Å²) in [6, 6.07) is 16.5.